The minimum absolute atomic E-state index is 0.217. The van der Waals surface area contributed by atoms with Crippen molar-refractivity contribution < 1.29 is 4.74 Å². The largest absolute Gasteiger partial charge is 0.479 e. The van der Waals surface area contributed by atoms with E-state index in [1.165, 1.54) is 21.8 Å². The second-order valence-corrected chi connectivity index (χ2v) is 5.26. The lowest BCUT2D eigenvalue weighted by Gasteiger charge is -2.10. The average molecular weight is 264 g/mol. The number of hydrogen-bond acceptors (Lipinski definition) is 2. The van der Waals surface area contributed by atoms with Gasteiger partial charge in [0.05, 0.1) is 0 Å². The molecule has 1 aromatic heterocycles. The molecule has 3 heteroatoms. The number of hydrogen-bond donors (Lipinski definition) is 0. The maximum absolute atomic E-state index is 5.47. The van der Waals surface area contributed by atoms with Crippen LogP contribution in [-0.4, -0.2) is 23.1 Å². The van der Waals surface area contributed by atoms with Gasteiger partial charge in [-0.3, -0.25) is 0 Å². The van der Waals surface area contributed by atoms with Crippen LogP contribution in [0.3, 0.4) is 0 Å². The van der Waals surface area contributed by atoms with Gasteiger partial charge in [-0.15, -0.1) is 0 Å². The van der Waals surface area contributed by atoms with Crippen LogP contribution >= 0.6 is 0 Å². The fourth-order valence-corrected chi connectivity index (χ4v) is 3.05. The minimum atomic E-state index is 0.217. The van der Waals surface area contributed by atoms with Crippen LogP contribution in [0, 0.1) is 0 Å². The fourth-order valence-electron chi connectivity index (χ4n) is 3.05. The second-order valence-electron chi connectivity index (χ2n) is 5.26. The Hall–Kier alpha value is -2.29. The van der Waals surface area contributed by atoms with Crippen molar-refractivity contribution in [3.8, 4) is 0 Å². The molecule has 0 N–H and O–H groups in total. The summed E-state index contributed by atoms with van der Waals surface area (Å²) >= 11 is 0. The van der Waals surface area contributed by atoms with Gasteiger partial charge in [-0.05, 0) is 12.1 Å². The topological polar surface area (TPSA) is 26.5 Å². The van der Waals surface area contributed by atoms with Crippen molar-refractivity contribution in [3.05, 3.63) is 48.5 Å². The van der Waals surface area contributed by atoms with Crippen LogP contribution in [-0.2, 0) is 11.3 Å². The molecule has 3 aromatic rings. The molecule has 2 heterocycles. The first-order chi connectivity index (χ1) is 9.83. The molecule has 3 nitrogen and oxygen atoms in total. The van der Waals surface area contributed by atoms with Gasteiger partial charge in [-0.1, -0.05) is 36.4 Å². The summed E-state index contributed by atoms with van der Waals surface area (Å²) in [6.07, 6.45) is 0. The van der Waals surface area contributed by atoms with Crippen molar-refractivity contribution in [3.63, 3.8) is 0 Å². The molecule has 20 heavy (non-hydrogen) atoms. The molecular formula is C17H16N2O. The fraction of sp³-hybridized carbons (Fsp3) is 0.235. The van der Waals surface area contributed by atoms with Gasteiger partial charge in [0, 0.05) is 35.3 Å². The molecule has 0 fully saturated rings. The molecule has 1 aliphatic heterocycles. The first-order valence-electron chi connectivity index (χ1n) is 6.96. The number of para-hydroxylation sites is 2. The zero-order chi connectivity index (χ0) is 13.5. The van der Waals surface area contributed by atoms with Gasteiger partial charge < -0.3 is 9.30 Å². The van der Waals surface area contributed by atoms with Crippen molar-refractivity contribution in [2.75, 3.05) is 6.61 Å². The number of fused-ring (bicyclic) bond motifs is 3. The SMILES string of the molecule is CC1=NC(Cn2c3ccccc3c3ccccc32)CO1. The van der Waals surface area contributed by atoms with E-state index < -0.39 is 0 Å². The third kappa shape index (κ3) is 1.70. The Morgan fingerprint density at radius 3 is 2.20 bits per heavy atom. The van der Waals surface area contributed by atoms with Gasteiger partial charge in [0.2, 0.25) is 0 Å². The summed E-state index contributed by atoms with van der Waals surface area (Å²) in [5, 5.41) is 2.62. The Morgan fingerprint density at radius 2 is 1.65 bits per heavy atom. The molecule has 0 saturated carbocycles. The van der Waals surface area contributed by atoms with Gasteiger partial charge in [-0.25, -0.2) is 4.99 Å². The van der Waals surface area contributed by atoms with E-state index in [9.17, 15) is 0 Å². The minimum Gasteiger partial charge on any atom is -0.479 e. The highest BCUT2D eigenvalue weighted by atomic mass is 16.5. The van der Waals surface area contributed by atoms with E-state index in [4.69, 9.17) is 4.74 Å². The van der Waals surface area contributed by atoms with E-state index in [0.717, 1.165) is 12.4 Å². The Labute approximate surface area is 117 Å². The van der Waals surface area contributed by atoms with Crippen molar-refractivity contribution in [1.82, 2.24) is 4.57 Å². The molecular weight excluding hydrogens is 248 g/mol. The van der Waals surface area contributed by atoms with Crippen LogP contribution in [0.25, 0.3) is 21.8 Å². The van der Waals surface area contributed by atoms with Crippen molar-refractivity contribution in [2.45, 2.75) is 19.5 Å². The molecule has 0 bridgehead atoms. The van der Waals surface area contributed by atoms with Crippen LogP contribution < -0.4 is 0 Å². The number of rotatable bonds is 2. The summed E-state index contributed by atoms with van der Waals surface area (Å²) in [5.41, 5.74) is 2.54. The molecule has 1 unspecified atom stereocenters. The maximum atomic E-state index is 5.47. The molecule has 0 aliphatic carbocycles. The average Bonchev–Trinajstić information content (AvgIpc) is 3.03. The summed E-state index contributed by atoms with van der Waals surface area (Å²) in [6, 6.07) is 17.3. The number of ether oxygens (including phenoxy) is 1. The van der Waals surface area contributed by atoms with Crippen molar-refractivity contribution in [2.24, 2.45) is 4.99 Å². The number of aliphatic imine (C=N–C) groups is 1. The quantitative estimate of drug-likeness (QED) is 0.694. The van der Waals surface area contributed by atoms with Gasteiger partial charge in [0.1, 0.15) is 12.6 Å². The number of benzene rings is 2. The summed E-state index contributed by atoms with van der Waals surface area (Å²) in [5.74, 6) is 0.802. The Balaban J connectivity index is 1.91. The molecule has 1 aliphatic rings. The standard InChI is InChI=1S/C17H16N2O/c1-12-18-13(11-20-12)10-19-16-8-4-2-6-14(16)15-7-3-5-9-17(15)19/h2-9,13H,10-11H2,1H3. The molecule has 0 saturated heterocycles. The monoisotopic (exact) mass is 264 g/mol. The van der Waals surface area contributed by atoms with Crippen LogP contribution in [0.15, 0.2) is 53.5 Å². The molecule has 1 atom stereocenters. The molecule has 2 aromatic carbocycles. The van der Waals surface area contributed by atoms with Gasteiger partial charge in [-0.2, -0.15) is 0 Å². The highest BCUT2D eigenvalue weighted by Gasteiger charge is 2.19. The predicted molar refractivity (Wildman–Crippen MR) is 82.3 cm³/mol. The lowest BCUT2D eigenvalue weighted by Crippen LogP contribution is -2.15. The molecule has 0 spiro atoms. The number of nitrogens with zero attached hydrogens (tertiary/aromatic N) is 2. The summed E-state index contributed by atoms with van der Waals surface area (Å²) < 4.78 is 7.84. The van der Waals surface area contributed by atoms with E-state index in [-0.39, 0.29) is 6.04 Å². The Morgan fingerprint density at radius 1 is 1.05 bits per heavy atom. The van der Waals surface area contributed by atoms with Crippen LogP contribution in [0.4, 0.5) is 0 Å². The first-order valence-corrected chi connectivity index (χ1v) is 6.96. The van der Waals surface area contributed by atoms with Crippen LogP contribution in [0.5, 0.6) is 0 Å². The summed E-state index contributed by atoms with van der Waals surface area (Å²) in [4.78, 5) is 4.55. The zero-order valence-corrected chi connectivity index (χ0v) is 11.4. The van der Waals surface area contributed by atoms with Crippen molar-refractivity contribution >= 4 is 27.7 Å². The second kappa shape index (κ2) is 4.37. The first kappa shape index (κ1) is 11.5. The molecule has 0 radical (unpaired) electrons. The Kier molecular flexibility index (Phi) is 2.52. The third-order valence-electron chi connectivity index (χ3n) is 3.92. The highest BCUT2D eigenvalue weighted by molar-refractivity contribution is 6.07. The van der Waals surface area contributed by atoms with Gasteiger partial charge in [0.15, 0.2) is 5.90 Å². The molecule has 0 amide bonds. The lowest BCUT2D eigenvalue weighted by molar-refractivity contribution is 0.305. The van der Waals surface area contributed by atoms with Crippen LogP contribution in [0.2, 0.25) is 0 Å². The van der Waals surface area contributed by atoms with Crippen molar-refractivity contribution in [1.29, 1.82) is 0 Å². The third-order valence-corrected chi connectivity index (χ3v) is 3.92. The molecule has 4 rings (SSSR count). The number of aromatic nitrogens is 1. The maximum Gasteiger partial charge on any atom is 0.180 e. The normalized spacial score (nSPS) is 18.4. The van der Waals surface area contributed by atoms with E-state index >= 15 is 0 Å². The molecule has 100 valence electrons. The zero-order valence-electron chi connectivity index (χ0n) is 11.4. The van der Waals surface area contributed by atoms with E-state index in [1.807, 2.05) is 6.92 Å². The highest BCUT2D eigenvalue weighted by Crippen LogP contribution is 2.29. The van der Waals surface area contributed by atoms with E-state index in [2.05, 4.69) is 58.1 Å². The summed E-state index contributed by atoms with van der Waals surface area (Å²) in [7, 11) is 0. The summed E-state index contributed by atoms with van der Waals surface area (Å²) in [6.45, 7) is 3.48. The smallest absolute Gasteiger partial charge is 0.180 e. The lowest BCUT2D eigenvalue weighted by atomic mass is 10.2. The van der Waals surface area contributed by atoms with Gasteiger partial charge >= 0.3 is 0 Å². The van der Waals surface area contributed by atoms with E-state index in [1.54, 1.807) is 0 Å². The van der Waals surface area contributed by atoms with Crippen LogP contribution in [0.1, 0.15) is 6.92 Å². The van der Waals surface area contributed by atoms with Gasteiger partial charge in [0.25, 0.3) is 0 Å². The predicted octanol–water partition coefficient (Wildman–Crippen LogP) is 3.61. The Bertz CT molecular complexity index is 763. The van der Waals surface area contributed by atoms with E-state index in [0.29, 0.717) is 6.61 Å².